The van der Waals surface area contributed by atoms with Gasteiger partial charge in [-0.25, -0.2) is 23.1 Å². The van der Waals surface area contributed by atoms with Crippen LogP contribution in [0.2, 0.25) is 0 Å². The van der Waals surface area contributed by atoms with Crippen LogP contribution >= 0.6 is 0 Å². The van der Waals surface area contributed by atoms with E-state index in [-0.39, 0.29) is 40.6 Å². The van der Waals surface area contributed by atoms with Crippen molar-refractivity contribution in [3.05, 3.63) is 116 Å². The summed E-state index contributed by atoms with van der Waals surface area (Å²) in [6, 6.07) is 16.1. The molecule has 7 nitrogen and oxygen atoms in total. The molecule has 38 heavy (non-hydrogen) atoms. The van der Waals surface area contributed by atoms with Crippen LogP contribution in [0.1, 0.15) is 36.6 Å². The summed E-state index contributed by atoms with van der Waals surface area (Å²) in [7, 11) is 0. The van der Waals surface area contributed by atoms with Gasteiger partial charge in [0.25, 0.3) is 5.56 Å². The smallest absolute Gasteiger partial charge is 0.334 e. The fourth-order valence-corrected chi connectivity index (χ4v) is 4.39. The van der Waals surface area contributed by atoms with Gasteiger partial charge in [0.2, 0.25) is 0 Å². The molecule has 0 aliphatic carbocycles. The number of hydrogen-bond donors (Lipinski definition) is 1. The molecule has 0 aliphatic rings. The second-order valence-electron chi connectivity index (χ2n) is 9.19. The number of pyridine rings is 2. The highest BCUT2D eigenvalue weighted by Crippen LogP contribution is 2.35. The molecule has 9 heteroatoms. The largest absolute Gasteiger partial charge is 0.488 e. The minimum Gasteiger partial charge on any atom is -0.488 e. The second-order valence-corrected chi connectivity index (χ2v) is 9.19. The highest BCUT2D eigenvalue weighted by molar-refractivity contribution is 5.81. The van der Waals surface area contributed by atoms with Crippen molar-refractivity contribution in [3.63, 3.8) is 0 Å². The molecule has 0 saturated heterocycles. The first-order valence-corrected chi connectivity index (χ1v) is 12.0. The summed E-state index contributed by atoms with van der Waals surface area (Å²) in [4.78, 5) is 36.9. The van der Waals surface area contributed by atoms with Crippen LogP contribution in [0.3, 0.4) is 0 Å². The van der Waals surface area contributed by atoms with E-state index < -0.39 is 22.9 Å². The first-order valence-electron chi connectivity index (χ1n) is 12.0. The number of halogens is 2. The van der Waals surface area contributed by atoms with Gasteiger partial charge < -0.3 is 4.74 Å². The Morgan fingerprint density at radius 3 is 2.50 bits per heavy atom. The molecule has 0 fully saturated rings. The van der Waals surface area contributed by atoms with E-state index in [0.29, 0.717) is 16.9 Å². The second kappa shape index (κ2) is 10.0. The normalized spacial score (nSPS) is 11.3. The minimum atomic E-state index is -0.935. The molecule has 192 valence electrons. The molecule has 2 aromatic carbocycles. The van der Waals surface area contributed by atoms with Crippen molar-refractivity contribution in [3.8, 4) is 22.7 Å². The van der Waals surface area contributed by atoms with Gasteiger partial charge in [0.1, 0.15) is 23.9 Å². The summed E-state index contributed by atoms with van der Waals surface area (Å²) >= 11 is 0. The zero-order valence-electron chi connectivity index (χ0n) is 21.0. The van der Waals surface area contributed by atoms with Crippen molar-refractivity contribution in [1.82, 2.24) is 19.5 Å². The van der Waals surface area contributed by atoms with E-state index in [4.69, 9.17) is 4.74 Å². The molecule has 0 spiro atoms. The molecule has 0 saturated carbocycles. The number of nitrogens with one attached hydrogen (secondary N) is 1. The number of rotatable bonds is 6. The van der Waals surface area contributed by atoms with Gasteiger partial charge in [0, 0.05) is 6.20 Å². The lowest BCUT2D eigenvalue weighted by atomic mass is 10.0. The maximum Gasteiger partial charge on any atom is 0.334 e. The van der Waals surface area contributed by atoms with Gasteiger partial charge in [0.05, 0.1) is 22.3 Å². The molecule has 0 bridgehead atoms. The molecule has 0 aliphatic heterocycles. The van der Waals surface area contributed by atoms with E-state index in [1.54, 1.807) is 19.2 Å². The Morgan fingerprint density at radius 1 is 1.00 bits per heavy atom. The van der Waals surface area contributed by atoms with E-state index in [9.17, 15) is 9.59 Å². The quantitative estimate of drug-likeness (QED) is 0.327. The Balaban J connectivity index is 1.77. The van der Waals surface area contributed by atoms with E-state index in [1.165, 1.54) is 22.8 Å². The first kappa shape index (κ1) is 25.0. The predicted octanol–water partition coefficient (Wildman–Crippen LogP) is 5.43. The topological polar surface area (TPSA) is 89.9 Å². The van der Waals surface area contributed by atoms with Gasteiger partial charge in [-0.3, -0.25) is 14.8 Å². The van der Waals surface area contributed by atoms with Gasteiger partial charge in [-0.05, 0) is 48.2 Å². The lowest BCUT2D eigenvalue weighted by Gasteiger charge is -2.18. The summed E-state index contributed by atoms with van der Waals surface area (Å²) in [6.45, 7) is 5.74. The summed E-state index contributed by atoms with van der Waals surface area (Å²) in [5, 5.41) is -0.160. The van der Waals surface area contributed by atoms with Crippen LogP contribution in [-0.2, 0) is 6.61 Å². The van der Waals surface area contributed by atoms with Crippen molar-refractivity contribution in [2.24, 2.45) is 0 Å². The van der Waals surface area contributed by atoms with Crippen LogP contribution in [0.5, 0.6) is 5.75 Å². The SMILES string of the molecule is Cc1ccnc(C(C)C)c1-n1c(=O)[nH]c(=O)c2cc(F)c(-c3c(F)cccc3OCc3ccccc3)nc21. The molecule has 1 N–H and O–H groups in total. The number of aromatic amines is 1. The van der Waals surface area contributed by atoms with Crippen LogP contribution in [0.4, 0.5) is 8.78 Å². The van der Waals surface area contributed by atoms with Crippen molar-refractivity contribution in [2.75, 3.05) is 0 Å². The average Bonchev–Trinajstić information content (AvgIpc) is 2.89. The van der Waals surface area contributed by atoms with Crippen LogP contribution < -0.4 is 16.0 Å². The van der Waals surface area contributed by atoms with Crippen LogP contribution in [0.25, 0.3) is 28.0 Å². The van der Waals surface area contributed by atoms with E-state index in [0.717, 1.165) is 11.6 Å². The third-order valence-corrected chi connectivity index (χ3v) is 6.21. The highest BCUT2D eigenvalue weighted by atomic mass is 19.1. The number of fused-ring (bicyclic) bond motifs is 1. The molecular formula is C29H24F2N4O3. The standard InChI is InChI=1S/C29H24F2N4O3/c1-16(2)24-26(17(3)12-13-32-24)35-27-19(28(36)34-29(35)37)14-21(31)25(33-27)23-20(30)10-7-11-22(23)38-15-18-8-5-4-6-9-18/h4-14,16H,15H2,1-3H3,(H,34,36,37). The van der Waals surface area contributed by atoms with E-state index in [2.05, 4.69) is 15.0 Å². The maximum atomic E-state index is 15.5. The Kier molecular flexibility index (Phi) is 6.59. The Hall–Kier alpha value is -4.66. The van der Waals surface area contributed by atoms with Crippen LogP contribution in [-0.4, -0.2) is 19.5 Å². The summed E-state index contributed by atoms with van der Waals surface area (Å²) in [5.41, 5.74) is 0.261. The first-order chi connectivity index (χ1) is 18.3. The zero-order valence-corrected chi connectivity index (χ0v) is 21.0. The molecule has 0 amide bonds. The van der Waals surface area contributed by atoms with Crippen LogP contribution in [0.15, 0.2) is 76.4 Å². The molecule has 5 rings (SSSR count). The molecule has 5 aromatic rings. The number of ether oxygens (including phenoxy) is 1. The fraction of sp³-hybridized carbons (Fsp3) is 0.172. The van der Waals surface area contributed by atoms with E-state index in [1.807, 2.05) is 44.2 Å². The van der Waals surface area contributed by atoms with Gasteiger partial charge in [-0.15, -0.1) is 0 Å². The predicted molar refractivity (Wildman–Crippen MR) is 141 cm³/mol. The third kappa shape index (κ3) is 4.47. The molecule has 3 heterocycles. The Labute approximate surface area is 216 Å². The number of hydrogen-bond acceptors (Lipinski definition) is 5. The van der Waals surface area contributed by atoms with Crippen molar-refractivity contribution in [2.45, 2.75) is 33.3 Å². The Morgan fingerprint density at radius 2 is 1.76 bits per heavy atom. The number of aromatic nitrogens is 4. The summed E-state index contributed by atoms with van der Waals surface area (Å²) in [5.74, 6) is -1.71. The lowest BCUT2D eigenvalue weighted by molar-refractivity contribution is 0.306. The number of aryl methyl sites for hydroxylation is 1. The molecule has 0 atom stereocenters. The van der Waals surface area contributed by atoms with Gasteiger partial charge >= 0.3 is 5.69 Å². The summed E-state index contributed by atoms with van der Waals surface area (Å²) < 4.78 is 37.8. The number of H-pyrrole nitrogens is 1. The van der Waals surface area contributed by atoms with Gasteiger partial charge in [-0.2, -0.15) is 0 Å². The van der Waals surface area contributed by atoms with Crippen LogP contribution in [0, 0.1) is 18.6 Å². The van der Waals surface area contributed by atoms with Crippen molar-refractivity contribution >= 4 is 11.0 Å². The third-order valence-electron chi connectivity index (χ3n) is 6.21. The van der Waals surface area contributed by atoms with Gasteiger partial charge in [0.15, 0.2) is 11.5 Å². The highest BCUT2D eigenvalue weighted by Gasteiger charge is 2.23. The lowest BCUT2D eigenvalue weighted by Crippen LogP contribution is -2.31. The zero-order chi connectivity index (χ0) is 27.0. The van der Waals surface area contributed by atoms with Gasteiger partial charge in [-0.1, -0.05) is 50.2 Å². The van der Waals surface area contributed by atoms with Crippen molar-refractivity contribution in [1.29, 1.82) is 0 Å². The molecular weight excluding hydrogens is 490 g/mol. The number of benzene rings is 2. The minimum absolute atomic E-state index is 0.0683. The van der Waals surface area contributed by atoms with E-state index >= 15 is 8.78 Å². The number of nitrogens with zero attached hydrogens (tertiary/aromatic N) is 3. The van der Waals surface area contributed by atoms with Crippen molar-refractivity contribution < 1.29 is 13.5 Å². The summed E-state index contributed by atoms with van der Waals surface area (Å²) in [6.07, 6.45) is 1.63. The molecule has 0 unspecified atom stereocenters. The monoisotopic (exact) mass is 514 g/mol. The Bertz CT molecular complexity index is 1780. The molecule has 0 radical (unpaired) electrons. The molecule has 3 aromatic heterocycles. The maximum absolute atomic E-state index is 15.5. The fourth-order valence-electron chi connectivity index (χ4n) is 4.39. The average molecular weight is 515 g/mol.